The molecule has 1 atom stereocenters. The Balaban J connectivity index is 1.38. The first kappa shape index (κ1) is 22.3. The van der Waals surface area contributed by atoms with E-state index >= 15 is 0 Å². The minimum absolute atomic E-state index is 0.281. The van der Waals surface area contributed by atoms with E-state index in [-0.39, 0.29) is 6.61 Å². The Kier molecular flexibility index (Phi) is 9.50. The number of nitrogens with one attached hydrogen (secondary N) is 1. The predicted molar refractivity (Wildman–Crippen MR) is 114 cm³/mol. The van der Waals surface area contributed by atoms with E-state index in [0.29, 0.717) is 18.0 Å². The average molecular weight is 408 g/mol. The fourth-order valence-corrected chi connectivity index (χ4v) is 3.93. The maximum absolute atomic E-state index is 10.3. The summed E-state index contributed by atoms with van der Waals surface area (Å²) in [4.78, 5) is 4.75. The first-order valence-corrected chi connectivity index (χ1v) is 11.0. The third-order valence-electron chi connectivity index (χ3n) is 5.59. The summed E-state index contributed by atoms with van der Waals surface area (Å²) >= 11 is 0. The largest absolute Gasteiger partial charge is 0.493 e. The zero-order valence-corrected chi connectivity index (χ0v) is 17.8. The van der Waals surface area contributed by atoms with Gasteiger partial charge in [0.25, 0.3) is 0 Å². The number of hydrogen-bond donors (Lipinski definition) is 2. The maximum Gasteiger partial charge on any atom is 0.161 e. The van der Waals surface area contributed by atoms with Crippen molar-refractivity contribution in [1.82, 2.24) is 15.1 Å². The Morgan fingerprint density at radius 1 is 1.10 bits per heavy atom. The van der Waals surface area contributed by atoms with E-state index in [1.807, 2.05) is 12.1 Å². The standard InChI is InChI=1S/C22H37N3O4/c1-27-21-6-5-19(16-23-7-4-10-24-11-13-28-14-12-24)15-22(21)29-18-20(26)17-25-8-2-3-9-25/h5-6,15,20,23,26H,2-4,7-14,16-18H2,1H3. The molecule has 7 nitrogen and oxygen atoms in total. The zero-order valence-electron chi connectivity index (χ0n) is 17.8. The highest BCUT2D eigenvalue weighted by Gasteiger charge is 2.17. The molecule has 0 bridgehead atoms. The summed E-state index contributed by atoms with van der Waals surface area (Å²) in [6.45, 7) is 9.79. The fourth-order valence-electron chi connectivity index (χ4n) is 3.93. The van der Waals surface area contributed by atoms with Gasteiger partial charge < -0.3 is 29.5 Å². The minimum atomic E-state index is -0.486. The lowest BCUT2D eigenvalue weighted by Gasteiger charge is -2.26. The van der Waals surface area contributed by atoms with Crippen molar-refractivity contribution in [2.24, 2.45) is 0 Å². The van der Waals surface area contributed by atoms with Crippen molar-refractivity contribution in [1.29, 1.82) is 0 Å². The van der Waals surface area contributed by atoms with Crippen LogP contribution in [0.4, 0.5) is 0 Å². The summed E-state index contributed by atoms with van der Waals surface area (Å²) in [6.07, 6.45) is 3.09. The molecule has 0 spiro atoms. The van der Waals surface area contributed by atoms with Crippen LogP contribution in [0.3, 0.4) is 0 Å². The molecule has 29 heavy (non-hydrogen) atoms. The highest BCUT2D eigenvalue weighted by atomic mass is 16.5. The van der Waals surface area contributed by atoms with E-state index in [1.165, 1.54) is 12.8 Å². The van der Waals surface area contributed by atoms with Crippen molar-refractivity contribution in [3.8, 4) is 11.5 Å². The van der Waals surface area contributed by atoms with Gasteiger partial charge in [0.2, 0.25) is 0 Å². The number of nitrogens with zero attached hydrogens (tertiary/aromatic N) is 2. The lowest BCUT2D eigenvalue weighted by Crippen LogP contribution is -2.37. The second kappa shape index (κ2) is 12.3. The Labute approximate surface area is 174 Å². The molecule has 1 unspecified atom stereocenters. The maximum atomic E-state index is 10.3. The number of methoxy groups -OCH3 is 1. The Morgan fingerprint density at radius 3 is 2.66 bits per heavy atom. The molecule has 2 N–H and O–H groups in total. The van der Waals surface area contributed by atoms with Gasteiger partial charge in [-0.25, -0.2) is 0 Å². The van der Waals surface area contributed by atoms with Gasteiger partial charge in [0.1, 0.15) is 12.7 Å². The number of aliphatic hydroxyl groups is 1. The number of benzene rings is 1. The third-order valence-corrected chi connectivity index (χ3v) is 5.59. The summed E-state index contributed by atoms with van der Waals surface area (Å²) in [5.41, 5.74) is 1.15. The van der Waals surface area contributed by atoms with E-state index in [1.54, 1.807) is 7.11 Å². The molecule has 1 aromatic carbocycles. The lowest BCUT2D eigenvalue weighted by atomic mass is 10.2. The van der Waals surface area contributed by atoms with Crippen molar-refractivity contribution in [3.05, 3.63) is 23.8 Å². The number of hydrogen-bond acceptors (Lipinski definition) is 7. The van der Waals surface area contributed by atoms with Crippen LogP contribution in [0.15, 0.2) is 18.2 Å². The topological polar surface area (TPSA) is 66.4 Å². The molecule has 3 rings (SSSR count). The highest BCUT2D eigenvalue weighted by molar-refractivity contribution is 5.43. The Bertz CT molecular complexity index is 589. The molecule has 0 radical (unpaired) electrons. The monoisotopic (exact) mass is 407 g/mol. The Morgan fingerprint density at radius 2 is 1.90 bits per heavy atom. The van der Waals surface area contributed by atoms with Gasteiger partial charge in [0, 0.05) is 26.2 Å². The van der Waals surface area contributed by atoms with Crippen LogP contribution in [-0.4, -0.2) is 93.8 Å². The normalized spacial score (nSPS) is 19.4. The van der Waals surface area contributed by atoms with Crippen LogP contribution in [0, 0.1) is 0 Å². The van der Waals surface area contributed by atoms with Crippen LogP contribution in [0.5, 0.6) is 11.5 Å². The summed E-state index contributed by atoms with van der Waals surface area (Å²) < 4.78 is 16.7. The van der Waals surface area contributed by atoms with E-state index in [0.717, 1.165) is 71.0 Å². The second-order valence-corrected chi connectivity index (χ2v) is 7.94. The number of ether oxygens (including phenoxy) is 3. The molecular weight excluding hydrogens is 370 g/mol. The molecule has 2 fully saturated rings. The van der Waals surface area contributed by atoms with Crippen molar-refractivity contribution >= 4 is 0 Å². The molecule has 2 aliphatic heterocycles. The number of aliphatic hydroxyl groups excluding tert-OH is 1. The third kappa shape index (κ3) is 7.75. The molecule has 0 aromatic heterocycles. The molecule has 2 saturated heterocycles. The molecule has 164 valence electrons. The van der Waals surface area contributed by atoms with Crippen LogP contribution in [-0.2, 0) is 11.3 Å². The molecule has 2 aliphatic rings. The number of morpholine rings is 1. The molecule has 0 amide bonds. The summed E-state index contributed by atoms with van der Waals surface area (Å²) in [6, 6.07) is 6.00. The van der Waals surface area contributed by atoms with Gasteiger partial charge in [-0.3, -0.25) is 4.90 Å². The number of rotatable bonds is 12. The Hall–Kier alpha value is -1.38. The van der Waals surface area contributed by atoms with Gasteiger partial charge in [0.05, 0.1) is 20.3 Å². The molecule has 1 aromatic rings. The van der Waals surface area contributed by atoms with Crippen LogP contribution >= 0.6 is 0 Å². The van der Waals surface area contributed by atoms with E-state index in [2.05, 4.69) is 21.2 Å². The van der Waals surface area contributed by atoms with Gasteiger partial charge in [-0.2, -0.15) is 0 Å². The minimum Gasteiger partial charge on any atom is -0.493 e. The average Bonchev–Trinajstić information content (AvgIpc) is 3.26. The van der Waals surface area contributed by atoms with E-state index in [4.69, 9.17) is 14.2 Å². The molecular formula is C22H37N3O4. The van der Waals surface area contributed by atoms with Gasteiger partial charge in [0.15, 0.2) is 11.5 Å². The summed E-state index contributed by atoms with van der Waals surface area (Å²) in [7, 11) is 1.65. The summed E-state index contributed by atoms with van der Waals surface area (Å²) in [5.74, 6) is 1.40. The first-order chi connectivity index (χ1) is 14.2. The van der Waals surface area contributed by atoms with Crippen molar-refractivity contribution in [2.75, 3.05) is 72.7 Å². The van der Waals surface area contributed by atoms with E-state index in [9.17, 15) is 5.11 Å². The molecule has 0 aliphatic carbocycles. The van der Waals surface area contributed by atoms with Gasteiger partial charge in [-0.15, -0.1) is 0 Å². The number of likely N-dealkylation sites (tertiary alicyclic amines) is 1. The van der Waals surface area contributed by atoms with Crippen LogP contribution in [0.2, 0.25) is 0 Å². The second-order valence-electron chi connectivity index (χ2n) is 7.94. The van der Waals surface area contributed by atoms with Gasteiger partial charge >= 0.3 is 0 Å². The molecule has 2 heterocycles. The van der Waals surface area contributed by atoms with Gasteiger partial charge in [-0.1, -0.05) is 6.07 Å². The van der Waals surface area contributed by atoms with Crippen molar-refractivity contribution in [2.45, 2.75) is 31.9 Å². The van der Waals surface area contributed by atoms with E-state index < -0.39 is 6.10 Å². The smallest absolute Gasteiger partial charge is 0.161 e. The van der Waals surface area contributed by atoms with Crippen LogP contribution in [0.1, 0.15) is 24.8 Å². The van der Waals surface area contributed by atoms with Crippen LogP contribution in [0.25, 0.3) is 0 Å². The SMILES string of the molecule is COc1ccc(CNCCCN2CCOCC2)cc1OCC(O)CN1CCCC1. The van der Waals surface area contributed by atoms with Crippen LogP contribution < -0.4 is 14.8 Å². The number of β-amino-alcohol motifs (C(OH)–C–C–N with tert-alkyl or cyclic N) is 1. The highest BCUT2D eigenvalue weighted by Crippen LogP contribution is 2.28. The summed E-state index contributed by atoms with van der Waals surface area (Å²) in [5, 5.41) is 13.8. The van der Waals surface area contributed by atoms with Crippen molar-refractivity contribution in [3.63, 3.8) is 0 Å². The molecule has 7 heteroatoms. The lowest BCUT2D eigenvalue weighted by molar-refractivity contribution is 0.0374. The fraction of sp³-hybridized carbons (Fsp3) is 0.727. The quantitative estimate of drug-likeness (QED) is 0.507. The van der Waals surface area contributed by atoms with Crippen molar-refractivity contribution < 1.29 is 19.3 Å². The zero-order chi connectivity index (χ0) is 20.3. The molecule has 0 saturated carbocycles. The first-order valence-electron chi connectivity index (χ1n) is 11.0. The predicted octanol–water partition coefficient (Wildman–Crippen LogP) is 1.34. The van der Waals surface area contributed by atoms with Gasteiger partial charge in [-0.05, 0) is 63.1 Å².